The molecule has 0 saturated carbocycles. The van der Waals surface area contributed by atoms with E-state index in [0.29, 0.717) is 6.61 Å². The first kappa shape index (κ1) is 16.8. The van der Waals surface area contributed by atoms with Gasteiger partial charge in [-0.3, -0.25) is 9.69 Å². The molecule has 4 heteroatoms. The number of rotatable bonds is 5. The molecule has 2 rings (SSSR count). The molecule has 0 amide bonds. The van der Waals surface area contributed by atoms with Crippen LogP contribution in [-0.2, 0) is 16.1 Å². The van der Waals surface area contributed by atoms with Crippen LogP contribution in [0.2, 0.25) is 0 Å². The molecule has 0 radical (unpaired) electrons. The van der Waals surface area contributed by atoms with Gasteiger partial charge in [-0.05, 0) is 62.9 Å². The van der Waals surface area contributed by atoms with Crippen LogP contribution in [0.3, 0.4) is 0 Å². The number of likely N-dealkylation sites (tertiary alicyclic amines) is 1. The summed E-state index contributed by atoms with van der Waals surface area (Å²) in [6.07, 6.45) is 1.99. The Labute approximate surface area is 133 Å². The monoisotopic (exact) mass is 305 g/mol. The van der Waals surface area contributed by atoms with Crippen LogP contribution in [0.1, 0.15) is 36.5 Å². The number of esters is 1. The maximum atomic E-state index is 11.9. The fourth-order valence-electron chi connectivity index (χ4n) is 3.14. The topological polar surface area (TPSA) is 38.8 Å². The second-order valence-electron chi connectivity index (χ2n) is 6.00. The Balaban J connectivity index is 2.04. The van der Waals surface area contributed by atoms with Gasteiger partial charge in [0.2, 0.25) is 0 Å². The fourth-order valence-corrected chi connectivity index (χ4v) is 3.14. The maximum Gasteiger partial charge on any atom is 0.310 e. The highest BCUT2D eigenvalue weighted by atomic mass is 16.5. The number of carbonyl (C=O) groups is 1. The Hall–Kier alpha value is -1.55. The van der Waals surface area contributed by atoms with Crippen molar-refractivity contribution in [1.29, 1.82) is 0 Å². The lowest BCUT2D eigenvalue weighted by molar-refractivity contribution is -0.150. The number of piperidine rings is 1. The number of hydrogen-bond acceptors (Lipinski definition) is 4. The molecular formula is C18H27NO3. The van der Waals surface area contributed by atoms with Gasteiger partial charge in [-0.2, -0.15) is 0 Å². The molecule has 1 fully saturated rings. The average Bonchev–Trinajstić information content (AvgIpc) is 2.53. The Morgan fingerprint density at radius 3 is 2.77 bits per heavy atom. The molecule has 1 aromatic carbocycles. The predicted octanol–water partition coefficient (Wildman–Crippen LogP) is 3.09. The zero-order valence-corrected chi connectivity index (χ0v) is 14.1. The van der Waals surface area contributed by atoms with Gasteiger partial charge in [0.15, 0.2) is 0 Å². The second-order valence-corrected chi connectivity index (χ2v) is 6.00. The van der Waals surface area contributed by atoms with Gasteiger partial charge in [0.1, 0.15) is 5.75 Å². The first-order valence-electron chi connectivity index (χ1n) is 8.08. The molecule has 1 atom stereocenters. The number of nitrogens with zero attached hydrogens (tertiary/aromatic N) is 1. The van der Waals surface area contributed by atoms with E-state index >= 15 is 0 Å². The van der Waals surface area contributed by atoms with Crippen molar-refractivity contribution in [1.82, 2.24) is 4.90 Å². The normalized spacial score (nSPS) is 19.0. The van der Waals surface area contributed by atoms with Crippen molar-refractivity contribution >= 4 is 5.97 Å². The number of carbonyl (C=O) groups excluding carboxylic acids is 1. The van der Waals surface area contributed by atoms with Gasteiger partial charge in [0.05, 0.1) is 19.6 Å². The summed E-state index contributed by atoms with van der Waals surface area (Å²) in [6.45, 7) is 9.28. The minimum Gasteiger partial charge on any atom is -0.496 e. The third kappa shape index (κ3) is 3.80. The van der Waals surface area contributed by atoms with E-state index in [0.717, 1.165) is 38.2 Å². The van der Waals surface area contributed by atoms with Crippen molar-refractivity contribution in [3.8, 4) is 5.75 Å². The average molecular weight is 305 g/mol. The molecule has 1 heterocycles. The summed E-state index contributed by atoms with van der Waals surface area (Å²) in [7, 11) is 1.70. The van der Waals surface area contributed by atoms with E-state index in [1.807, 2.05) is 13.0 Å². The second kappa shape index (κ2) is 7.63. The standard InChI is InChI=1S/C18H27NO3/c1-5-22-18(20)16-7-6-10-19(12-16)11-15-8-9-17(21-4)14(3)13(15)2/h8-9,16H,5-7,10-12H2,1-4H3. The highest BCUT2D eigenvalue weighted by molar-refractivity contribution is 5.72. The van der Waals surface area contributed by atoms with Crippen molar-refractivity contribution in [2.24, 2.45) is 5.92 Å². The third-order valence-corrected chi connectivity index (χ3v) is 4.59. The molecule has 122 valence electrons. The molecule has 1 aromatic rings. The van der Waals surface area contributed by atoms with Crippen molar-refractivity contribution in [2.75, 3.05) is 26.8 Å². The third-order valence-electron chi connectivity index (χ3n) is 4.59. The van der Waals surface area contributed by atoms with Crippen molar-refractivity contribution < 1.29 is 14.3 Å². The van der Waals surface area contributed by atoms with Crippen molar-refractivity contribution in [2.45, 2.75) is 40.2 Å². The van der Waals surface area contributed by atoms with Gasteiger partial charge in [-0.15, -0.1) is 0 Å². The van der Waals surface area contributed by atoms with Crippen molar-refractivity contribution in [3.05, 3.63) is 28.8 Å². The zero-order chi connectivity index (χ0) is 16.1. The van der Waals surface area contributed by atoms with Crippen LogP contribution in [0.4, 0.5) is 0 Å². The molecule has 1 unspecified atom stereocenters. The Kier molecular flexibility index (Phi) is 5.83. The molecule has 0 aromatic heterocycles. The predicted molar refractivity (Wildman–Crippen MR) is 87.1 cm³/mol. The summed E-state index contributed by atoms with van der Waals surface area (Å²) in [5.74, 6) is 0.910. The highest BCUT2D eigenvalue weighted by Crippen LogP contribution is 2.26. The largest absolute Gasteiger partial charge is 0.496 e. The molecule has 22 heavy (non-hydrogen) atoms. The SMILES string of the molecule is CCOC(=O)C1CCCN(Cc2ccc(OC)c(C)c2C)C1. The van der Waals surface area contributed by atoms with E-state index in [1.165, 1.54) is 16.7 Å². The summed E-state index contributed by atoms with van der Waals surface area (Å²) in [5, 5.41) is 0. The van der Waals surface area contributed by atoms with E-state index in [2.05, 4.69) is 24.8 Å². The number of benzene rings is 1. The molecular weight excluding hydrogens is 278 g/mol. The summed E-state index contributed by atoms with van der Waals surface area (Å²) in [6, 6.07) is 4.17. The first-order chi connectivity index (χ1) is 10.6. The van der Waals surface area contributed by atoms with Gasteiger partial charge in [0, 0.05) is 13.1 Å². The molecule has 4 nitrogen and oxygen atoms in total. The molecule has 1 saturated heterocycles. The van der Waals surface area contributed by atoms with Crippen LogP contribution in [-0.4, -0.2) is 37.7 Å². The quantitative estimate of drug-likeness (QED) is 0.784. The number of methoxy groups -OCH3 is 1. The van der Waals surface area contributed by atoms with Crippen molar-refractivity contribution in [3.63, 3.8) is 0 Å². The van der Waals surface area contributed by atoms with Gasteiger partial charge < -0.3 is 9.47 Å². The van der Waals surface area contributed by atoms with Crippen LogP contribution in [0.15, 0.2) is 12.1 Å². The van der Waals surface area contributed by atoms with Crippen LogP contribution in [0.5, 0.6) is 5.75 Å². The van der Waals surface area contributed by atoms with Crippen LogP contribution in [0, 0.1) is 19.8 Å². The smallest absolute Gasteiger partial charge is 0.310 e. The molecule has 1 aliphatic rings. The van der Waals surface area contributed by atoms with Gasteiger partial charge in [-0.1, -0.05) is 6.07 Å². The first-order valence-corrected chi connectivity index (χ1v) is 8.08. The lowest BCUT2D eigenvalue weighted by Crippen LogP contribution is -2.39. The maximum absolute atomic E-state index is 11.9. The highest BCUT2D eigenvalue weighted by Gasteiger charge is 2.27. The lowest BCUT2D eigenvalue weighted by atomic mass is 9.96. The van der Waals surface area contributed by atoms with Crippen LogP contribution in [0.25, 0.3) is 0 Å². The van der Waals surface area contributed by atoms with Gasteiger partial charge in [-0.25, -0.2) is 0 Å². The summed E-state index contributed by atoms with van der Waals surface area (Å²) in [5.41, 5.74) is 3.78. The summed E-state index contributed by atoms with van der Waals surface area (Å²) >= 11 is 0. The fraction of sp³-hybridized carbons (Fsp3) is 0.611. The Bertz CT molecular complexity index is 527. The molecule has 1 aliphatic heterocycles. The number of ether oxygens (including phenoxy) is 2. The Morgan fingerprint density at radius 1 is 1.32 bits per heavy atom. The number of hydrogen-bond donors (Lipinski definition) is 0. The summed E-state index contributed by atoms with van der Waals surface area (Å²) < 4.78 is 10.5. The molecule has 0 N–H and O–H groups in total. The zero-order valence-electron chi connectivity index (χ0n) is 14.1. The lowest BCUT2D eigenvalue weighted by Gasteiger charge is -2.32. The van der Waals surface area contributed by atoms with E-state index in [-0.39, 0.29) is 11.9 Å². The minimum absolute atomic E-state index is 0.0216. The van der Waals surface area contributed by atoms with Gasteiger partial charge in [0.25, 0.3) is 0 Å². The van der Waals surface area contributed by atoms with E-state index < -0.39 is 0 Å². The van der Waals surface area contributed by atoms with E-state index in [1.54, 1.807) is 7.11 Å². The Morgan fingerprint density at radius 2 is 2.09 bits per heavy atom. The molecule has 0 spiro atoms. The van der Waals surface area contributed by atoms with E-state index in [9.17, 15) is 4.79 Å². The van der Waals surface area contributed by atoms with E-state index in [4.69, 9.17) is 9.47 Å². The summed E-state index contributed by atoms with van der Waals surface area (Å²) in [4.78, 5) is 14.3. The van der Waals surface area contributed by atoms with Gasteiger partial charge >= 0.3 is 5.97 Å². The van der Waals surface area contributed by atoms with Crippen LogP contribution < -0.4 is 4.74 Å². The van der Waals surface area contributed by atoms with Crippen LogP contribution >= 0.6 is 0 Å². The minimum atomic E-state index is -0.0465. The molecule has 0 aliphatic carbocycles. The molecule has 0 bridgehead atoms.